The summed E-state index contributed by atoms with van der Waals surface area (Å²) in [6.07, 6.45) is 8.58. The van der Waals surface area contributed by atoms with Crippen molar-refractivity contribution in [1.82, 2.24) is 0 Å². The summed E-state index contributed by atoms with van der Waals surface area (Å²) in [6, 6.07) is 0. The van der Waals surface area contributed by atoms with E-state index in [0.29, 0.717) is 0 Å². The smallest absolute Gasteiger partial charge is 0.0615 e. The Morgan fingerprint density at radius 1 is 1.19 bits per heavy atom. The first-order chi connectivity index (χ1) is 7.76. The Morgan fingerprint density at radius 2 is 1.69 bits per heavy atom. The highest BCUT2D eigenvalue weighted by Crippen LogP contribution is 2.10. The molecule has 0 spiro atoms. The Labute approximate surface area is 103 Å². The number of rotatable bonds is 4. The van der Waals surface area contributed by atoms with Gasteiger partial charge in [-0.05, 0) is 25.8 Å². The van der Waals surface area contributed by atoms with E-state index in [1.54, 1.807) is 12.3 Å². The van der Waals surface area contributed by atoms with E-state index < -0.39 is 0 Å². The van der Waals surface area contributed by atoms with E-state index in [1.807, 2.05) is 34.6 Å². The lowest BCUT2D eigenvalue weighted by Gasteiger charge is -1.99. The average molecular weight is 223 g/mol. The van der Waals surface area contributed by atoms with Crippen LogP contribution in [0.1, 0.15) is 54.9 Å². The number of aliphatic imine (C=N–C) groups is 1. The van der Waals surface area contributed by atoms with Crippen LogP contribution in [0.15, 0.2) is 41.1 Å². The Morgan fingerprint density at radius 3 is 2.00 bits per heavy atom. The van der Waals surface area contributed by atoms with Crippen LogP contribution in [0.3, 0.4) is 0 Å². The predicted octanol–water partition coefficient (Wildman–Crippen LogP) is 5.56. The molecule has 0 rings (SSSR count). The fourth-order valence-electron chi connectivity index (χ4n) is 0.790. The van der Waals surface area contributed by atoms with Gasteiger partial charge in [0, 0.05) is 6.21 Å². The largest absolute Gasteiger partial charge is 0.257 e. The van der Waals surface area contributed by atoms with Gasteiger partial charge in [0.25, 0.3) is 0 Å². The second-order valence-corrected chi connectivity index (χ2v) is 2.48. The Hall–Kier alpha value is -1.11. The zero-order chi connectivity index (χ0) is 13.4. The van der Waals surface area contributed by atoms with Gasteiger partial charge in [-0.3, -0.25) is 4.99 Å². The molecule has 16 heavy (non-hydrogen) atoms. The highest BCUT2D eigenvalue weighted by Gasteiger charge is 1.92. The third kappa shape index (κ3) is 12.9. The molecule has 1 heteroatoms. The maximum absolute atomic E-state index is 4.25. The van der Waals surface area contributed by atoms with Gasteiger partial charge in [-0.1, -0.05) is 59.4 Å². The zero-order valence-corrected chi connectivity index (χ0v) is 12.2. The molecule has 0 aliphatic carbocycles. The summed E-state index contributed by atoms with van der Waals surface area (Å²) in [7, 11) is 0. The van der Waals surface area contributed by atoms with Crippen LogP contribution in [0, 0.1) is 0 Å². The van der Waals surface area contributed by atoms with Gasteiger partial charge < -0.3 is 0 Å². The number of hydrogen-bond acceptors (Lipinski definition) is 1. The Bertz CT molecular complexity index is 220. The highest BCUT2D eigenvalue weighted by atomic mass is 14.7. The SMILES string of the molecule is C=CC=NC(=C/CC)/C(C)=C\C.CC.CC. The minimum atomic E-state index is 1.01. The first-order valence-electron chi connectivity index (χ1n) is 6.24. The fraction of sp³-hybridized carbons (Fsp3) is 0.533. The van der Waals surface area contributed by atoms with Crippen molar-refractivity contribution in [3.63, 3.8) is 0 Å². The van der Waals surface area contributed by atoms with E-state index in [0.717, 1.165) is 12.1 Å². The van der Waals surface area contributed by atoms with Crippen molar-refractivity contribution in [3.05, 3.63) is 36.1 Å². The maximum Gasteiger partial charge on any atom is 0.0615 e. The summed E-state index contributed by atoms with van der Waals surface area (Å²) < 4.78 is 0. The van der Waals surface area contributed by atoms with Gasteiger partial charge in [0.15, 0.2) is 0 Å². The standard InChI is InChI=1S/C11H17N.2C2H6/c1-5-8-11(10(4)7-3)12-9-6-2;2*1-2/h6-9H,2,5H2,1,3-4H3;2*1-2H3/b10-7-,11-8+,12-9?;;. The molecule has 1 nitrogen and oxygen atoms in total. The topological polar surface area (TPSA) is 12.4 Å². The molecule has 0 aliphatic heterocycles. The van der Waals surface area contributed by atoms with Crippen LogP contribution in [0.4, 0.5) is 0 Å². The third-order valence-electron chi connectivity index (χ3n) is 1.55. The molecule has 0 unspecified atom stereocenters. The predicted molar refractivity (Wildman–Crippen MR) is 79.2 cm³/mol. The Kier molecular flexibility index (Phi) is 24.7. The summed E-state index contributed by atoms with van der Waals surface area (Å²) in [6.45, 7) is 17.8. The van der Waals surface area contributed by atoms with Crippen molar-refractivity contribution in [2.75, 3.05) is 0 Å². The van der Waals surface area contributed by atoms with Crippen molar-refractivity contribution in [3.8, 4) is 0 Å². The fourth-order valence-corrected chi connectivity index (χ4v) is 0.790. The lowest BCUT2D eigenvalue weighted by molar-refractivity contribution is 1.16. The summed E-state index contributed by atoms with van der Waals surface area (Å²) in [5.74, 6) is 0. The highest BCUT2D eigenvalue weighted by molar-refractivity contribution is 5.71. The molecule has 0 aliphatic rings. The molecule has 0 radical (unpaired) electrons. The van der Waals surface area contributed by atoms with Gasteiger partial charge in [0.2, 0.25) is 0 Å². The minimum Gasteiger partial charge on any atom is -0.257 e. The van der Waals surface area contributed by atoms with Crippen LogP contribution in [0.5, 0.6) is 0 Å². The molecule has 0 heterocycles. The van der Waals surface area contributed by atoms with Crippen LogP contribution in [0.2, 0.25) is 0 Å². The molecule has 94 valence electrons. The number of nitrogens with zero attached hydrogens (tertiary/aromatic N) is 1. The zero-order valence-electron chi connectivity index (χ0n) is 12.2. The van der Waals surface area contributed by atoms with Crippen LogP contribution in [0.25, 0.3) is 0 Å². The van der Waals surface area contributed by atoms with Gasteiger partial charge in [-0.15, -0.1) is 0 Å². The molecule has 0 N–H and O–H groups in total. The van der Waals surface area contributed by atoms with E-state index in [1.165, 1.54) is 5.57 Å². The second-order valence-electron chi connectivity index (χ2n) is 2.48. The first-order valence-corrected chi connectivity index (χ1v) is 6.24. The average Bonchev–Trinajstić information content (AvgIpc) is 2.38. The van der Waals surface area contributed by atoms with Crippen molar-refractivity contribution >= 4 is 6.21 Å². The van der Waals surface area contributed by atoms with Crippen molar-refractivity contribution in [2.45, 2.75) is 54.9 Å². The monoisotopic (exact) mass is 223 g/mol. The molecule has 0 bridgehead atoms. The molecular weight excluding hydrogens is 194 g/mol. The van der Waals surface area contributed by atoms with Crippen molar-refractivity contribution in [2.24, 2.45) is 4.99 Å². The van der Waals surface area contributed by atoms with Crippen molar-refractivity contribution < 1.29 is 0 Å². The van der Waals surface area contributed by atoms with Gasteiger partial charge in [0.05, 0.1) is 5.70 Å². The molecule has 0 saturated heterocycles. The summed E-state index contributed by atoms with van der Waals surface area (Å²) in [5.41, 5.74) is 2.25. The lowest BCUT2D eigenvalue weighted by atomic mass is 10.2. The molecule has 0 saturated carbocycles. The molecule has 0 amide bonds. The minimum absolute atomic E-state index is 1.01. The third-order valence-corrected chi connectivity index (χ3v) is 1.55. The summed E-state index contributed by atoms with van der Waals surface area (Å²) in [5, 5.41) is 0. The molecule has 0 atom stereocenters. The van der Waals surface area contributed by atoms with Gasteiger partial charge in [-0.25, -0.2) is 0 Å². The quantitative estimate of drug-likeness (QED) is 0.437. The first kappa shape index (κ1) is 20.3. The van der Waals surface area contributed by atoms with E-state index in [2.05, 4.69) is 37.6 Å². The lowest BCUT2D eigenvalue weighted by Crippen LogP contribution is -1.81. The van der Waals surface area contributed by atoms with E-state index in [4.69, 9.17) is 0 Å². The number of hydrogen-bond donors (Lipinski definition) is 0. The second kappa shape index (κ2) is 19.5. The van der Waals surface area contributed by atoms with E-state index in [9.17, 15) is 0 Å². The van der Waals surface area contributed by atoms with Crippen LogP contribution < -0.4 is 0 Å². The van der Waals surface area contributed by atoms with Crippen LogP contribution in [-0.2, 0) is 0 Å². The molecule has 0 aromatic heterocycles. The maximum atomic E-state index is 4.25. The van der Waals surface area contributed by atoms with Gasteiger partial charge >= 0.3 is 0 Å². The Balaban J connectivity index is -0.000000376. The van der Waals surface area contributed by atoms with Crippen LogP contribution >= 0.6 is 0 Å². The summed E-state index contributed by atoms with van der Waals surface area (Å²) in [4.78, 5) is 4.25. The van der Waals surface area contributed by atoms with Gasteiger partial charge in [0.1, 0.15) is 0 Å². The molecule has 0 aromatic carbocycles. The van der Waals surface area contributed by atoms with Crippen molar-refractivity contribution in [1.29, 1.82) is 0 Å². The molecule has 0 fully saturated rings. The number of allylic oxidation sites excluding steroid dienone is 4. The van der Waals surface area contributed by atoms with E-state index >= 15 is 0 Å². The van der Waals surface area contributed by atoms with Crippen LogP contribution in [-0.4, -0.2) is 6.21 Å². The molecular formula is C15H29N. The normalized spacial score (nSPS) is 11.2. The molecule has 0 aromatic rings. The van der Waals surface area contributed by atoms with E-state index in [-0.39, 0.29) is 0 Å². The summed E-state index contributed by atoms with van der Waals surface area (Å²) >= 11 is 0. The van der Waals surface area contributed by atoms with Gasteiger partial charge in [-0.2, -0.15) is 0 Å².